The zero-order valence-electron chi connectivity index (χ0n) is 14.0. The third-order valence-electron chi connectivity index (χ3n) is 3.88. The molecule has 0 bridgehead atoms. The summed E-state index contributed by atoms with van der Waals surface area (Å²) in [5.74, 6) is 0.165. The fraction of sp³-hybridized carbons (Fsp3) is 0.389. The van der Waals surface area contributed by atoms with Gasteiger partial charge in [0.2, 0.25) is 5.91 Å². The number of carbonyl (C=O) groups excluding carboxylic acids is 2. The van der Waals surface area contributed by atoms with E-state index in [0.717, 1.165) is 17.7 Å². The van der Waals surface area contributed by atoms with Crippen LogP contribution in [-0.2, 0) is 11.2 Å². The first-order valence-corrected chi connectivity index (χ1v) is 7.91. The van der Waals surface area contributed by atoms with Gasteiger partial charge in [-0.15, -0.1) is 0 Å². The van der Waals surface area contributed by atoms with Gasteiger partial charge in [0.1, 0.15) is 0 Å². The summed E-state index contributed by atoms with van der Waals surface area (Å²) in [5, 5.41) is 9.73. The molecule has 0 saturated heterocycles. The maximum absolute atomic E-state index is 12.3. The van der Waals surface area contributed by atoms with Gasteiger partial charge in [-0.25, -0.2) is 0 Å². The van der Waals surface area contributed by atoms with Gasteiger partial charge in [0.15, 0.2) is 11.6 Å². The van der Waals surface area contributed by atoms with E-state index in [-0.39, 0.29) is 23.5 Å². The molecule has 0 aliphatic rings. The van der Waals surface area contributed by atoms with E-state index < -0.39 is 0 Å². The van der Waals surface area contributed by atoms with Crippen LogP contribution in [0.25, 0.3) is 0 Å². The molecular weight excluding hydrogens is 290 g/mol. The number of anilines is 1. The minimum absolute atomic E-state index is 0.0333. The van der Waals surface area contributed by atoms with Gasteiger partial charge in [-0.05, 0) is 18.9 Å². The average molecular weight is 313 g/mol. The number of Topliss-reactive ketones (excluding diaryl/α,β-unsaturated/α-hetero) is 1. The van der Waals surface area contributed by atoms with Crippen LogP contribution in [0.1, 0.15) is 55.2 Å². The molecule has 5 heteroatoms. The number of nitrogens with one attached hydrogen (secondary N) is 2. The van der Waals surface area contributed by atoms with Crippen molar-refractivity contribution in [3.05, 3.63) is 47.2 Å². The first kappa shape index (κ1) is 16.9. The molecule has 122 valence electrons. The summed E-state index contributed by atoms with van der Waals surface area (Å²) in [6.07, 6.45) is 0.837. The summed E-state index contributed by atoms with van der Waals surface area (Å²) in [4.78, 5) is 24.2. The molecule has 2 aromatic rings. The van der Waals surface area contributed by atoms with Gasteiger partial charge in [-0.1, -0.05) is 45.0 Å². The molecule has 0 spiro atoms. The van der Waals surface area contributed by atoms with Crippen molar-refractivity contribution in [1.82, 2.24) is 10.2 Å². The number of aryl methyl sites for hydroxylation is 1. The standard InChI is InChI=1S/C18H23N3O2/c1-5-15-10-16(21-20-15)19-18(23)12(4)13-6-8-14(9-7-13)17(22)11(2)3/h6-12H,5H2,1-4H3,(H2,19,20,21,23)/t12-/m1/s1. The van der Waals surface area contributed by atoms with Crippen LogP contribution in [0.15, 0.2) is 30.3 Å². The van der Waals surface area contributed by atoms with E-state index in [0.29, 0.717) is 11.4 Å². The molecule has 0 fully saturated rings. The Morgan fingerprint density at radius 3 is 2.35 bits per heavy atom. The highest BCUT2D eigenvalue weighted by Gasteiger charge is 2.17. The number of rotatable bonds is 6. The number of H-pyrrole nitrogens is 1. The van der Waals surface area contributed by atoms with Gasteiger partial charge in [-0.3, -0.25) is 14.7 Å². The molecule has 1 aromatic heterocycles. The fourth-order valence-corrected chi connectivity index (χ4v) is 2.26. The molecule has 5 nitrogen and oxygen atoms in total. The van der Waals surface area contributed by atoms with E-state index in [2.05, 4.69) is 15.5 Å². The normalized spacial score (nSPS) is 12.2. The third kappa shape index (κ3) is 4.06. The molecule has 0 radical (unpaired) electrons. The third-order valence-corrected chi connectivity index (χ3v) is 3.88. The Hall–Kier alpha value is -2.43. The van der Waals surface area contributed by atoms with E-state index in [1.165, 1.54) is 0 Å². The lowest BCUT2D eigenvalue weighted by Gasteiger charge is -2.12. The lowest BCUT2D eigenvalue weighted by Crippen LogP contribution is -2.19. The number of ketones is 1. The summed E-state index contributed by atoms with van der Waals surface area (Å²) in [7, 11) is 0. The summed E-state index contributed by atoms with van der Waals surface area (Å²) < 4.78 is 0. The summed E-state index contributed by atoms with van der Waals surface area (Å²) in [5.41, 5.74) is 2.52. The number of hydrogen-bond acceptors (Lipinski definition) is 3. The number of nitrogens with zero attached hydrogens (tertiary/aromatic N) is 1. The Kier molecular flexibility index (Phi) is 5.32. The first-order chi connectivity index (χ1) is 10.9. The van der Waals surface area contributed by atoms with Gasteiger partial charge in [0, 0.05) is 23.2 Å². The monoisotopic (exact) mass is 313 g/mol. The second kappa shape index (κ2) is 7.22. The second-order valence-electron chi connectivity index (χ2n) is 5.98. The van der Waals surface area contributed by atoms with Gasteiger partial charge in [0.05, 0.1) is 5.92 Å². The van der Waals surface area contributed by atoms with E-state index in [4.69, 9.17) is 0 Å². The quantitative estimate of drug-likeness (QED) is 0.801. The topological polar surface area (TPSA) is 74.8 Å². The van der Waals surface area contributed by atoms with E-state index in [1.54, 1.807) is 12.1 Å². The Labute approximate surface area is 136 Å². The van der Waals surface area contributed by atoms with Crippen molar-refractivity contribution in [2.75, 3.05) is 5.32 Å². The Balaban J connectivity index is 2.05. The minimum Gasteiger partial charge on any atom is -0.309 e. The van der Waals surface area contributed by atoms with Gasteiger partial charge < -0.3 is 5.32 Å². The molecule has 2 N–H and O–H groups in total. The first-order valence-electron chi connectivity index (χ1n) is 7.91. The van der Waals surface area contributed by atoms with Gasteiger partial charge in [0.25, 0.3) is 0 Å². The van der Waals surface area contributed by atoms with Crippen molar-refractivity contribution < 1.29 is 9.59 Å². The summed E-state index contributed by atoms with van der Waals surface area (Å²) in [6.45, 7) is 7.60. The smallest absolute Gasteiger partial charge is 0.232 e. The van der Waals surface area contributed by atoms with Crippen LogP contribution >= 0.6 is 0 Å². The Morgan fingerprint density at radius 1 is 1.17 bits per heavy atom. The highest BCUT2D eigenvalue weighted by molar-refractivity contribution is 5.98. The SMILES string of the molecule is CCc1cc(NC(=O)[C@H](C)c2ccc(C(=O)C(C)C)cc2)n[nH]1. The predicted molar refractivity (Wildman–Crippen MR) is 90.6 cm³/mol. The minimum atomic E-state index is -0.319. The van der Waals surface area contributed by atoms with Crippen molar-refractivity contribution in [3.8, 4) is 0 Å². The molecule has 1 amide bonds. The number of hydrogen-bond donors (Lipinski definition) is 2. The van der Waals surface area contributed by atoms with Gasteiger partial charge in [-0.2, -0.15) is 5.10 Å². The van der Waals surface area contributed by atoms with Crippen LogP contribution in [0.3, 0.4) is 0 Å². The van der Waals surface area contributed by atoms with Crippen molar-refractivity contribution in [2.45, 2.75) is 40.0 Å². The number of benzene rings is 1. The van der Waals surface area contributed by atoms with Crippen LogP contribution in [0, 0.1) is 5.92 Å². The molecule has 1 atom stereocenters. The van der Waals surface area contributed by atoms with Crippen molar-refractivity contribution in [3.63, 3.8) is 0 Å². The zero-order valence-corrected chi connectivity index (χ0v) is 14.0. The van der Waals surface area contributed by atoms with Crippen LogP contribution in [0.5, 0.6) is 0 Å². The number of carbonyl (C=O) groups is 2. The number of aromatic amines is 1. The number of amides is 1. The number of aromatic nitrogens is 2. The highest BCUT2D eigenvalue weighted by atomic mass is 16.2. The van der Waals surface area contributed by atoms with Crippen molar-refractivity contribution >= 4 is 17.5 Å². The Morgan fingerprint density at radius 2 is 1.83 bits per heavy atom. The van der Waals surface area contributed by atoms with Crippen molar-refractivity contribution in [1.29, 1.82) is 0 Å². The van der Waals surface area contributed by atoms with Crippen LogP contribution in [0.4, 0.5) is 5.82 Å². The molecule has 1 heterocycles. The molecule has 23 heavy (non-hydrogen) atoms. The zero-order chi connectivity index (χ0) is 17.0. The highest BCUT2D eigenvalue weighted by Crippen LogP contribution is 2.19. The molecule has 0 aliphatic carbocycles. The van der Waals surface area contributed by atoms with E-state index in [1.807, 2.05) is 45.9 Å². The second-order valence-corrected chi connectivity index (χ2v) is 5.98. The summed E-state index contributed by atoms with van der Waals surface area (Å²) in [6, 6.07) is 9.06. The molecule has 1 aromatic carbocycles. The molecule has 0 unspecified atom stereocenters. The van der Waals surface area contributed by atoms with Crippen molar-refractivity contribution in [2.24, 2.45) is 5.92 Å². The van der Waals surface area contributed by atoms with Crippen LogP contribution in [-0.4, -0.2) is 21.9 Å². The maximum Gasteiger partial charge on any atom is 0.232 e. The van der Waals surface area contributed by atoms with E-state index in [9.17, 15) is 9.59 Å². The summed E-state index contributed by atoms with van der Waals surface area (Å²) >= 11 is 0. The Bertz CT molecular complexity index is 687. The van der Waals surface area contributed by atoms with Crippen LogP contribution < -0.4 is 5.32 Å². The van der Waals surface area contributed by atoms with Gasteiger partial charge >= 0.3 is 0 Å². The maximum atomic E-state index is 12.3. The largest absolute Gasteiger partial charge is 0.309 e. The predicted octanol–water partition coefficient (Wildman–Crippen LogP) is 3.55. The van der Waals surface area contributed by atoms with E-state index >= 15 is 0 Å². The molecule has 0 aliphatic heterocycles. The fourth-order valence-electron chi connectivity index (χ4n) is 2.26. The van der Waals surface area contributed by atoms with Crippen LogP contribution in [0.2, 0.25) is 0 Å². The molecule has 2 rings (SSSR count). The average Bonchev–Trinajstić information content (AvgIpc) is 3.01. The molecular formula is C18H23N3O2. The lowest BCUT2D eigenvalue weighted by atomic mass is 9.95. The molecule has 0 saturated carbocycles. The lowest BCUT2D eigenvalue weighted by molar-refractivity contribution is -0.117.